The van der Waals surface area contributed by atoms with Gasteiger partial charge in [-0.15, -0.1) is 0 Å². The first-order valence-corrected chi connectivity index (χ1v) is 12.9. The highest BCUT2D eigenvalue weighted by Gasteiger charge is 2.68. The summed E-state index contributed by atoms with van der Waals surface area (Å²) in [7, 11) is -0.492. The second-order valence-electron chi connectivity index (χ2n) is 11.6. The van der Waals surface area contributed by atoms with E-state index >= 15 is 0 Å². The third-order valence-electron chi connectivity index (χ3n) is 9.29. The molecule has 6 atom stereocenters. The fraction of sp³-hybridized carbons (Fsp3) is 0.654. The van der Waals surface area contributed by atoms with Gasteiger partial charge in [0.25, 0.3) is 0 Å². The van der Waals surface area contributed by atoms with Crippen molar-refractivity contribution in [2.24, 2.45) is 17.3 Å². The number of hydrogen-bond acceptors (Lipinski definition) is 5. The number of urea groups is 1. The minimum atomic E-state index is -0.492. The number of fused-ring (bicyclic) bond motifs is 1. The molecule has 1 aromatic carbocycles. The molecular weight excluding hydrogens is 429 g/mol. The number of rotatable bonds is 6. The van der Waals surface area contributed by atoms with E-state index in [1.165, 1.54) is 6.42 Å². The quantitative estimate of drug-likeness (QED) is 0.567. The third-order valence-corrected chi connectivity index (χ3v) is 9.29. The normalized spacial score (nSPS) is 34.5. The SMILES string of the molecule is CC1(C)[C@@H]2C[C@H]3OB([C@H](Cc4coc5ccccc45)NC(=O)NC[C@H]4CCCN4)O[C@@]3(C)[C@H]1C2. The molecule has 34 heavy (non-hydrogen) atoms. The zero-order chi connectivity index (χ0) is 23.5. The lowest BCUT2D eigenvalue weighted by Crippen LogP contribution is -2.65. The maximum atomic E-state index is 12.9. The second kappa shape index (κ2) is 8.28. The van der Waals surface area contributed by atoms with Crippen LogP contribution in [0.15, 0.2) is 34.9 Å². The molecule has 3 aliphatic carbocycles. The fourth-order valence-corrected chi connectivity index (χ4v) is 7.08. The summed E-state index contributed by atoms with van der Waals surface area (Å²) >= 11 is 0. The van der Waals surface area contributed by atoms with Gasteiger partial charge in [0.2, 0.25) is 0 Å². The maximum Gasteiger partial charge on any atom is 0.482 e. The van der Waals surface area contributed by atoms with Crippen LogP contribution in [0.1, 0.15) is 52.0 Å². The number of furan rings is 1. The maximum absolute atomic E-state index is 12.9. The summed E-state index contributed by atoms with van der Waals surface area (Å²) in [6.45, 7) is 8.59. The molecule has 2 amide bonds. The molecular formula is C26H36BN3O4. The van der Waals surface area contributed by atoms with E-state index in [9.17, 15) is 4.79 Å². The van der Waals surface area contributed by atoms with E-state index in [1.807, 2.05) is 18.2 Å². The average molecular weight is 465 g/mol. The number of amides is 2. The first-order valence-electron chi connectivity index (χ1n) is 12.9. The van der Waals surface area contributed by atoms with Crippen LogP contribution in [0, 0.1) is 17.3 Å². The van der Waals surface area contributed by atoms with Gasteiger partial charge in [0.05, 0.1) is 23.9 Å². The molecule has 2 aliphatic heterocycles. The van der Waals surface area contributed by atoms with Crippen molar-refractivity contribution in [3.05, 3.63) is 36.1 Å². The van der Waals surface area contributed by atoms with Crippen LogP contribution in [-0.2, 0) is 15.7 Å². The van der Waals surface area contributed by atoms with Crippen molar-refractivity contribution in [3.63, 3.8) is 0 Å². The molecule has 2 aromatic rings. The minimum Gasteiger partial charge on any atom is -0.464 e. The number of para-hydroxylation sites is 1. The average Bonchev–Trinajstić information content (AvgIpc) is 3.55. The van der Waals surface area contributed by atoms with Crippen molar-refractivity contribution < 1.29 is 18.5 Å². The lowest BCUT2D eigenvalue weighted by molar-refractivity contribution is -0.199. The molecule has 182 valence electrons. The van der Waals surface area contributed by atoms with Crippen LogP contribution in [0.4, 0.5) is 4.79 Å². The second-order valence-corrected chi connectivity index (χ2v) is 11.6. The zero-order valence-electron chi connectivity index (χ0n) is 20.4. The Morgan fingerprint density at radius 2 is 2.12 bits per heavy atom. The van der Waals surface area contributed by atoms with Gasteiger partial charge >= 0.3 is 13.1 Å². The van der Waals surface area contributed by atoms with E-state index in [-0.39, 0.29) is 29.1 Å². The molecule has 5 fully saturated rings. The standard InChI is InChI=1S/C26H36BN3O4/c1-25(2)17-12-21(25)26(3)22(13-17)33-27(34-26)23(30-24(31)29-14-18-7-6-10-28-18)11-16-15-32-20-9-5-4-8-19(16)20/h4-5,8-9,15,17-18,21-23,28H,6-7,10-14H2,1-3H3,(H2,29,30,31)/t17-,18+,21-,22+,23-,26-/m0/s1. The van der Waals surface area contributed by atoms with Crippen molar-refractivity contribution in [3.8, 4) is 0 Å². The van der Waals surface area contributed by atoms with Crippen molar-refractivity contribution in [1.82, 2.24) is 16.0 Å². The Morgan fingerprint density at radius 1 is 1.26 bits per heavy atom. The molecule has 2 saturated heterocycles. The molecule has 3 heterocycles. The predicted octanol–water partition coefficient (Wildman–Crippen LogP) is 3.66. The summed E-state index contributed by atoms with van der Waals surface area (Å²) in [5.74, 6) is 0.844. The summed E-state index contributed by atoms with van der Waals surface area (Å²) in [6, 6.07) is 8.18. The van der Waals surface area contributed by atoms with Crippen LogP contribution >= 0.6 is 0 Å². The van der Waals surface area contributed by atoms with Gasteiger partial charge in [0, 0.05) is 18.0 Å². The highest BCUT2D eigenvalue weighted by Crippen LogP contribution is 2.65. The third kappa shape index (κ3) is 3.66. The van der Waals surface area contributed by atoms with Crippen LogP contribution in [0.3, 0.4) is 0 Å². The summed E-state index contributed by atoms with van der Waals surface area (Å²) in [6.07, 6.45) is 6.93. The summed E-state index contributed by atoms with van der Waals surface area (Å²) in [5, 5.41) is 10.7. The van der Waals surface area contributed by atoms with Gasteiger partial charge in [-0.3, -0.25) is 0 Å². The van der Waals surface area contributed by atoms with Crippen LogP contribution in [0.25, 0.3) is 11.0 Å². The van der Waals surface area contributed by atoms with Crippen molar-refractivity contribution >= 4 is 24.1 Å². The number of hydrogen-bond donors (Lipinski definition) is 3. The Morgan fingerprint density at radius 3 is 2.91 bits per heavy atom. The van der Waals surface area contributed by atoms with E-state index in [4.69, 9.17) is 13.7 Å². The Balaban J connectivity index is 1.21. The smallest absolute Gasteiger partial charge is 0.464 e. The molecule has 3 saturated carbocycles. The van der Waals surface area contributed by atoms with Gasteiger partial charge in [-0.2, -0.15) is 0 Å². The number of carbonyl (C=O) groups is 1. The highest BCUT2D eigenvalue weighted by atomic mass is 16.7. The minimum absolute atomic E-state index is 0.0745. The Kier molecular flexibility index (Phi) is 5.46. The first-order chi connectivity index (χ1) is 16.3. The number of carbonyl (C=O) groups excluding carboxylic acids is 1. The van der Waals surface area contributed by atoms with E-state index in [1.54, 1.807) is 6.26 Å². The topological polar surface area (TPSA) is 84.8 Å². The lowest BCUT2D eigenvalue weighted by atomic mass is 9.43. The zero-order valence-corrected chi connectivity index (χ0v) is 20.4. The van der Waals surface area contributed by atoms with Gasteiger partial charge in [-0.05, 0) is 74.5 Å². The fourth-order valence-electron chi connectivity index (χ4n) is 7.08. The summed E-state index contributed by atoms with van der Waals surface area (Å²) in [4.78, 5) is 12.9. The Hall–Kier alpha value is -2.03. The largest absolute Gasteiger partial charge is 0.482 e. The molecule has 2 bridgehead atoms. The molecule has 0 unspecified atom stereocenters. The van der Waals surface area contributed by atoms with Crippen molar-refractivity contribution in [1.29, 1.82) is 0 Å². The van der Waals surface area contributed by atoms with E-state index in [0.717, 1.165) is 42.3 Å². The molecule has 0 radical (unpaired) electrons. The summed E-state index contributed by atoms with van der Waals surface area (Å²) < 4.78 is 19.1. The lowest BCUT2D eigenvalue weighted by Gasteiger charge is -2.64. The molecule has 7 nitrogen and oxygen atoms in total. The summed E-state index contributed by atoms with van der Waals surface area (Å²) in [5.41, 5.74) is 1.87. The van der Waals surface area contributed by atoms with Crippen molar-refractivity contribution in [2.75, 3.05) is 13.1 Å². The number of benzene rings is 1. The Labute approximate surface area is 201 Å². The molecule has 5 aliphatic rings. The molecule has 0 spiro atoms. The van der Waals surface area contributed by atoms with Gasteiger partial charge in [0.15, 0.2) is 0 Å². The van der Waals surface area contributed by atoms with Crippen LogP contribution in [0.5, 0.6) is 0 Å². The molecule has 1 aromatic heterocycles. The van der Waals surface area contributed by atoms with Crippen molar-refractivity contribution in [2.45, 2.75) is 76.6 Å². The molecule has 7 rings (SSSR count). The molecule has 8 heteroatoms. The van der Waals surface area contributed by atoms with Crippen LogP contribution in [0.2, 0.25) is 0 Å². The van der Waals surface area contributed by atoms with E-state index < -0.39 is 7.12 Å². The van der Waals surface area contributed by atoms with Gasteiger partial charge in [-0.1, -0.05) is 32.0 Å². The van der Waals surface area contributed by atoms with E-state index in [2.05, 4.69) is 42.8 Å². The monoisotopic (exact) mass is 465 g/mol. The molecule has 3 N–H and O–H groups in total. The van der Waals surface area contributed by atoms with Crippen LogP contribution < -0.4 is 16.0 Å². The van der Waals surface area contributed by atoms with Gasteiger partial charge in [-0.25, -0.2) is 4.79 Å². The van der Waals surface area contributed by atoms with Gasteiger partial charge in [0.1, 0.15) is 5.58 Å². The first kappa shape index (κ1) is 22.4. The highest BCUT2D eigenvalue weighted by molar-refractivity contribution is 6.48. The predicted molar refractivity (Wildman–Crippen MR) is 131 cm³/mol. The Bertz CT molecular complexity index is 1070. The van der Waals surface area contributed by atoms with Crippen LogP contribution in [-0.4, -0.2) is 49.9 Å². The van der Waals surface area contributed by atoms with E-state index in [0.29, 0.717) is 30.8 Å². The number of nitrogens with one attached hydrogen (secondary N) is 3. The van der Waals surface area contributed by atoms with Gasteiger partial charge < -0.3 is 29.7 Å².